The van der Waals surface area contributed by atoms with Crippen LogP contribution in [0.2, 0.25) is 0 Å². The van der Waals surface area contributed by atoms with Gasteiger partial charge in [-0.3, -0.25) is 4.79 Å². The van der Waals surface area contributed by atoms with E-state index in [1.165, 1.54) is 48.0 Å². The molecule has 0 radical (unpaired) electrons. The van der Waals surface area contributed by atoms with Crippen molar-refractivity contribution in [3.63, 3.8) is 0 Å². The molecular weight excluding hydrogens is 480 g/mol. The molecule has 0 bridgehead atoms. The average Bonchev–Trinajstić information content (AvgIpc) is 3.25. The van der Waals surface area contributed by atoms with Crippen molar-refractivity contribution in [1.82, 2.24) is 14.7 Å². The maximum absolute atomic E-state index is 14.3. The molecule has 0 spiro atoms. The quantitative estimate of drug-likeness (QED) is 0.459. The summed E-state index contributed by atoms with van der Waals surface area (Å²) in [7, 11) is 1.27. The van der Waals surface area contributed by atoms with Crippen molar-refractivity contribution >= 4 is 5.91 Å². The number of carbonyl (C=O) groups is 1. The van der Waals surface area contributed by atoms with Crippen LogP contribution in [0.3, 0.4) is 0 Å². The molecule has 188 valence electrons. The average molecular weight is 502 g/mol. The van der Waals surface area contributed by atoms with Gasteiger partial charge in [-0.05, 0) is 31.2 Å². The largest absolute Gasteiger partial charge is 0.494 e. The Balaban J connectivity index is 1.68. The van der Waals surface area contributed by atoms with Crippen molar-refractivity contribution < 1.29 is 31.8 Å². The molecule has 7 nitrogen and oxygen atoms in total. The summed E-state index contributed by atoms with van der Waals surface area (Å²) in [6.45, 7) is 2.14. The van der Waals surface area contributed by atoms with Crippen molar-refractivity contribution in [3.05, 3.63) is 70.5 Å². The Bertz CT molecular complexity index is 1360. The second-order valence-corrected chi connectivity index (χ2v) is 8.45. The van der Waals surface area contributed by atoms with E-state index in [0.717, 1.165) is 12.1 Å². The molecule has 11 heteroatoms. The minimum Gasteiger partial charge on any atom is -0.494 e. The van der Waals surface area contributed by atoms with Crippen LogP contribution < -0.4 is 9.47 Å². The minimum absolute atomic E-state index is 0.0430. The fourth-order valence-electron chi connectivity index (χ4n) is 3.98. The van der Waals surface area contributed by atoms with E-state index in [9.17, 15) is 27.6 Å². The number of hydrogen-bond acceptors (Lipinski definition) is 5. The van der Waals surface area contributed by atoms with Gasteiger partial charge in [0.25, 0.3) is 11.8 Å². The first-order valence-electron chi connectivity index (χ1n) is 11.0. The second kappa shape index (κ2) is 9.53. The van der Waals surface area contributed by atoms with Crippen LogP contribution in [-0.2, 0) is 13.0 Å². The number of fused-ring (bicyclic) bond motifs is 1. The van der Waals surface area contributed by atoms with E-state index in [0.29, 0.717) is 18.2 Å². The van der Waals surface area contributed by atoms with Crippen molar-refractivity contribution in [2.24, 2.45) is 0 Å². The predicted octanol–water partition coefficient (Wildman–Crippen LogP) is 4.65. The lowest BCUT2D eigenvalue weighted by Crippen LogP contribution is -2.37. The molecule has 0 fully saturated rings. The summed E-state index contributed by atoms with van der Waals surface area (Å²) in [5.41, 5.74) is 1.25. The van der Waals surface area contributed by atoms with E-state index < -0.39 is 29.6 Å². The number of halogens is 4. The third kappa shape index (κ3) is 4.58. The number of carbonyl (C=O) groups excluding carboxylic acids is 1. The Morgan fingerprint density at radius 1 is 1.25 bits per heavy atom. The third-order valence-electron chi connectivity index (χ3n) is 6.04. The zero-order valence-corrected chi connectivity index (χ0v) is 19.7. The number of ether oxygens (including phenoxy) is 2. The lowest BCUT2D eigenvalue weighted by atomic mass is 10.0. The van der Waals surface area contributed by atoms with Crippen LogP contribution in [0, 0.1) is 23.0 Å². The van der Waals surface area contributed by atoms with Crippen LogP contribution in [-0.4, -0.2) is 46.3 Å². The van der Waals surface area contributed by atoms with Gasteiger partial charge >= 0.3 is 0 Å². The summed E-state index contributed by atoms with van der Waals surface area (Å²) in [5.74, 6) is -5.49. The predicted molar refractivity (Wildman–Crippen MR) is 120 cm³/mol. The summed E-state index contributed by atoms with van der Waals surface area (Å²) < 4.78 is 67.4. The zero-order valence-electron chi connectivity index (χ0n) is 19.7. The summed E-state index contributed by atoms with van der Waals surface area (Å²) >= 11 is 0. The fourth-order valence-corrected chi connectivity index (χ4v) is 3.98. The topological polar surface area (TPSA) is 80.4 Å². The number of hydrogen-bond donors (Lipinski definition) is 0. The molecule has 4 rings (SSSR count). The first-order valence-corrected chi connectivity index (χ1v) is 11.0. The molecule has 36 heavy (non-hydrogen) atoms. The van der Waals surface area contributed by atoms with Crippen molar-refractivity contribution in [2.45, 2.75) is 38.8 Å². The first-order chi connectivity index (χ1) is 17.0. The molecule has 0 aliphatic carbocycles. The van der Waals surface area contributed by atoms with Gasteiger partial charge in [-0.1, -0.05) is 0 Å². The fraction of sp³-hybridized carbons (Fsp3) is 0.320. The van der Waals surface area contributed by atoms with Crippen molar-refractivity contribution in [2.75, 3.05) is 13.7 Å². The van der Waals surface area contributed by atoms with Gasteiger partial charge in [-0.2, -0.15) is 10.4 Å². The normalized spacial score (nSPS) is 14.1. The van der Waals surface area contributed by atoms with Crippen LogP contribution in [0.15, 0.2) is 36.5 Å². The second-order valence-electron chi connectivity index (χ2n) is 8.45. The molecule has 1 aliphatic heterocycles. The number of alkyl halides is 2. The van der Waals surface area contributed by atoms with Gasteiger partial charge < -0.3 is 14.4 Å². The molecular formula is C25H22F4N4O3. The Labute approximate surface area is 204 Å². The highest BCUT2D eigenvalue weighted by Crippen LogP contribution is 2.36. The number of nitriles is 1. The summed E-state index contributed by atoms with van der Waals surface area (Å²) in [4.78, 5) is 15.1. The number of methoxy groups -OCH3 is 1. The Kier molecular flexibility index (Phi) is 6.63. The van der Waals surface area contributed by atoms with Crippen LogP contribution in [0.5, 0.6) is 11.5 Å². The maximum atomic E-state index is 14.3. The van der Waals surface area contributed by atoms with Crippen molar-refractivity contribution in [1.29, 1.82) is 5.26 Å². The number of nitrogens with zero attached hydrogens (tertiary/aromatic N) is 4. The summed E-state index contributed by atoms with van der Waals surface area (Å²) in [6, 6.07) is 7.72. The molecule has 1 unspecified atom stereocenters. The smallest absolute Gasteiger partial charge is 0.281 e. The maximum Gasteiger partial charge on any atom is 0.281 e. The number of aromatic nitrogens is 2. The minimum atomic E-state index is -3.19. The van der Waals surface area contributed by atoms with E-state index in [4.69, 9.17) is 9.47 Å². The Morgan fingerprint density at radius 2 is 2.00 bits per heavy atom. The highest BCUT2D eigenvalue weighted by Gasteiger charge is 2.35. The van der Waals surface area contributed by atoms with Gasteiger partial charge in [-0.25, -0.2) is 22.2 Å². The monoisotopic (exact) mass is 502 g/mol. The zero-order chi connectivity index (χ0) is 26.2. The van der Waals surface area contributed by atoms with Gasteiger partial charge in [0, 0.05) is 38.1 Å². The Hall–Kier alpha value is -4.07. The van der Waals surface area contributed by atoms with Crippen LogP contribution in [0.1, 0.15) is 41.0 Å². The van der Waals surface area contributed by atoms with Gasteiger partial charge in [0.2, 0.25) is 0 Å². The van der Waals surface area contributed by atoms with E-state index in [1.807, 2.05) is 6.07 Å². The first kappa shape index (κ1) is 25.0. The van der Waals surface area contributed by atoms with E-state index >= 15 is 0 Å². The standard InChI is InChI=1S/C25H22F4N4O3/c1-14(25(2,28)29)36-21-7-4-15(11-30)23(35-3)22(21)24(34)32-9-8-19-16(13-32)12-31-33(19)20-6-5-17(26)10-18(20)27/h4-7,10,12,14H,8-9,13H2,1-3H3. The number of benzene rings is 2. The lowest BCUT2D eigenvalue weighted by molar-refractivity contribution is -0.0720. The summed E-state index contributed by atoms with van der Waals surface area (Å²) in [5, 5.41) is 13.7. The molecule has 1 aliphatic rings. The number of rotatable bonds is 6. The highest BCUT2D eigenvalue weighted by molar-refractivity contribution is 6.00. The van der Waals surface area contributed by atoms with E-state index in [-0.39, 0.29) is 47.8 Å². The van der Waals surface area contributed by atoms with Crippen molar-refractivity contribution in [3.8, 4) is 23.3 Å². The van der Waals surface area contributed by atoms with Gasteiger partial charge in [0.1, 0.15) is 28.9 Å². The molecule has 2 aromatic carbocycles. The molecule has 1 aromatic heterocycles. The molecule has 2 heterocycles. The van der Waals surface area contributed by atoms with Gasteiger partial charge in [-0.15, -0.1) is 0 Å². The molecule has 1 amide bonds. The molecule has 0 N–H and O–H groups in total. The molecule has 0 saturated carbocycles. The number of amides is 1. The van der Waals surface area contributed by atoms with Crippen LogP contribution >= 0.6 is 0 Å². The molecule has 0 saturated heterocycles. The van der Waals surface area contributed by atoms with Gasteiger partial charge in [0.05, 0.1) is 24.6 Å². The van der Waals surface area contributed by atoms with Gasteiger partial charge in [0.15, 0.2) is 17.7 Å². The summed E-state index contributed by atoms with van der Waals surface area (Å²) in [6.07, 6.45) is 0.216. The Morgan fingerprint density at radius 3 is 2.64 bits per heavy atom. The van der Waals surface area contributed by atoms with Crippen LogP contribution in [0.4, 0.5) is 17.6 Å². The molecule has 1 atom stereocenters. The van der Waals surface area contributed by atoms with Crippen LogP contribution in [0.25, 0.3) is 5.69 Å². The van der Waals surface area contributed by atoms with E-state index in [2.05, 4.69) is 5.10 Å². The van der Waals surface area contributed by atoms with E-state index in [1.54, 1.807) is 0 Å². The highest BCUT2D eigenvalue weighted by atomic mass is 19.3. The third-order valence-corrected chi connectivity index (χ3v) is 6.04. The molecule has 3 aromatic rings. The SMILES string of the molecule is COc1c(C#N)ccc(OC(C)C(C)(F)F)c1C(=O)N1CCc2c(cnn2-c2ccc(F)cc2F)C1. The lowest BCUT2D eigenvalue weighted by Gasteiger charge is -2.29.